The van der Waals surface area contributed by atoms with Crippen molar-refractivity contribution in [3.63, 3.8) is 0 Å². The predicted molar refractivity (Wildman–Crippen MR) is 60.8 cm³/mol. The highest BCUT2D eigenvalue weighted by molar-refractivity contribution is 5.93. The minimum Gasteiger partial charge on any atom is -0.478 e. The van der Waals surface area contributed by atoms with Crippen LogP contribution in [-0.4, -0.2) is 35.1 Å². The van der Waals surface area contributed by atoms with Gasteiger partial charge in [-0.2, -0.15) is 5.06 Å². The van der Waals surface area contributed by atoms with Crippen LogP contribution in [0.25, 0.3) is 6.08 Å². The Kier molecular flexibility index (Phi) is 3.71. The molecule has 2 rings (SSSR count). The minimum atomic E-state index is -1.39. The van der Waals surface area contributed by atoms with Gasteiger partial charge in [-0.1, -0.05) is 30.3 Å². The topological polar surface area (TPSA) is 76.1 Å². The van der Waals surface area contributed by atoms with Gasteiger partial charge in [0.2, 0.25) is 0 Å². The lowest BCUT2D eigenvalue weighted by Crippen LogP contribution is -2.39. The quantitative estimate of drug-likeness (QED) is 0.804. The second-order valence-corrected chi connectivity index (χ2v) is 3.51. The van der Waals surface area contributed by atoms with Crippen molar-refractivity contribution < 1.29 is 24.3 Å². The molecule has 1 aromatic rings. The smallest absolute Gasteiger partial charge is 0.356 e. The molecule has 1 atom stereocenters. The first kappa shape index (κ1) is 12.3. The number of hydroxylamine groups is 2. The fraction of sp³-hybridized carbons (Fsp3) is 0.167. The third-order valence-electron chi connectivity index (χ3n) is 2.28. The fourth-order valence-corrected chi connectivity index (χ4v) is 1.44. The second-order valence-electron chi connectivity index (χ2n) is 3.51. The van der Waals surface area contributed by atoms with E-state index in [1.54, 1.807) is 6.08 Å². The van der Waals surface area contributed by atoms with E-state index in [2.05, 4.69) is 0 Å². The Morgan fingerprint density at radius 2 is 2.06 bits per heavy atom. The average molecular weight is 249 g/mol. The molecule has 1 saturated heterocycles. The van der Waals surface area contributed by atoms with Gasteiger partial charge in [-0.05, 0) is 11.6 Å². The Bertz CT molecular complexity index is 471. The van der Waals surface area contributed by atoms with Gasteiger partial charge in [-0.25, -0.2) is 9.63 Å². The van der Waals surface area contributed by atoms with E-state index < -0.39 is 18.1 Å². The van der Waals surface area contributed by atoms with Crippen LogP contribution in [0, 0.1) is 0 Å². The van der Waals surface area contributed by atoms with Crippen LogP contribution >= 0.6 is 0 Å². The highest BCUT2D eigenvalue weighted by atomic mass is 16.9. The third kappa shape index (κ3) is 2.73. The molecule has 1 N–H and O–H groups in total. The molecule has 0 spiro atoms. The third-order valence-corrected chi connectivity index (χ3v) is 2.28. The summed E-state index contributed by atoms with van der Waals surface area (Å²) in [5, 5.41) is 9.49. The van der Waals surface area contributed by atoms with Gasteiger partial charge in [0.1, 0.15) is 0 Å². The van der Waals surface area contributed by atoms with E-state index in [4.69, 9.17) is 14.7 Å². The number of carboxylic acids is 1. The van der Waals surface area contributed by atoms with Gasteiger partial charge in [0.15, 0.2) is 6.79 Å². The number of carbonyl (C=O) groups excluding carboxylic acids is 1. The molecule has 0 radical (unpaired) electrons. The van der Waals surface area contributed by atoms with Crippen molar-refractivity contribution in [1.82, 2.24) is 5.06 Å². The number of hydrogen-bond acceptors (Lipinski definition) is 4. The summed E-state index contributed by atoms with van der Waals surface area (Å²) in [7, 11) is 0. The summed E-state index contributed by atoms with van der Waals surface area (Å²) in [6.07, 6.45) is 1.42. The normalized spacial score (nSPS) is 19.3. The van der Waals surface area contributed by atoms with Crippen LogP contribution in [0.1, 0.15) is 5.56 Å². The lowest BCUT2D eigenvalue weighted by Gasteiger charge is -2.14. The van der Waals surface area contributed by atoms with Crippen molar-refractivity contribution in [2.75, 3.05) is 6.79 Å². The van der Waals surface area contributed by atoms with E-state index >= 15 is 0 Å². The number of rotatable bonds is 3. The van der Waals surface area contributed by atoms with Gasteiger partial charge in [-0.3, -0.25) is 4.79 Å². The fourth-order valence-electron chi connectivity index (χ4n) is 1.44. The molecular formula is C12H11NO5. The standard InChI is InChI=1S/C12H11NO5/c14-10(7-6-9-4-2-1-3-5-9)13-11(12(15)16)17-8-18-13/h1-7,11H,8H2,(H,15,16). The van der Waals surface area contributed by atoms with Crippen LogP contribution in [0.4, 0.5) is 0 Å². The number of ether oxygens (including phenoxy) is 1. The van der Waals surface area contributed by atoms with Crippen LogP contribution in [0.2, 0.25) is 0 Å². The average Bonchev–Trinajstić information content (AvgIpc) is 2.86. The van der Waals surface area contributed by atoms with Crippen LogP contribution < -0.4 is 0 Å². The van der Waals surface area contributed by atoms with Crippen molar-refractivity contribution in [3.8, 4) is 0 Å². The maximum atomic E-state index is 11.7. The number of nitrogens with zero attached hydrogens (tertiary/aromatic N) is 1. The van der Waals surface area contributed by atoms with Crippen molar-refractivity contribution in [2.45, 2.75) is 6.23 Å². The number of benzene rings is 1. The Hall–Kier alpha value is -2.18. The van der Waals surface area contributed by atoms with Gasteiger partial charge < -0.3 is 9.84 Å². The maximum absolute atomic E-state index is 11.7. The number of carbonyl (C=O) groups is 2. The molecule has 1 unspecified atom stereocenters. The van der Waals surface area contributed by atoms with E-state index in [0.717, 1.165) is 5.56 Å². The van der Waals surface area contributed by atoms with Gasteiger partial charge >= 0.3 is 5.97 Å². The number of carboxylic acid groups (broad SMARTS) is 1. The predicted octanol–water partition coefficient (Wildman–Crippen LogP) is 0.858. The first-order valence-corrected chi connectivity index (χ1v) is 5.22. The zero-order valence-electron chi connectivity index (χ0n) is 9.35. The SMILES string of the molecule is O=C(O)C1OCON1C(=O)C=Cc1ccccc1. The largest absolute Gasteiger partial charge is 0.478 e. The summed E-state index contributed by atoms with van der Waals surface area (Å²) in [4.78, 5) is 27.3. The van der Waals surface area contributed by atoms with Crippen LogP contribution in [0.5, 0.6) is 0 Å². The summed E-state index contributed by atoms with van der Waals surface area (Å²) < 4.78 is 4.75. The van der Waals surface area contributed by atoms with E-state index in [9.17, 15) is 9.59 Å². The van der Waals surface area contributed by atoms with Crippen LogP contribution in [0.15, 0.2) is 36.4 Å². The molecule has 0 aliphatic carbocycles. The lowest BCUT2D eigenvalue weighted by molar-refractivity contribution is -0.181. The molecule has 1 aliphatic heterocycles. The lowest BCUT2D eigenvalue weighted by atomic mass is 10.2. The van der Waals surface area contributed by atoms with Crippen molar-refractivity contribution >= 4 is 18.0 Å². The van der Waals surface area contributed by atoms with E-state index in [1.807, 2.05) is 30.3 Å². The molecule has 1 fully saturated rings. The molecule has 1 aromatic carbocycles. The van der Waals surface area contributed by atoms with Crippen LogP contribution in [-0.2, 0) is 19.2 Å². The zero-order valence-corrected chi connectivity index (χ0v) is 9.35. The van der Waals surface area contributed by atoms with Gasteiger partial charge in [0.25, 0.3) is 12.1 Å². The molecule has 1 heterocycles. The Morgan fingerprint density at radius 1 is 1.33 bits per heavy atom. The number of aliphatic carboxylic acids is 1. The van der Waals surface area contributed by atoms with E-state index in [0.29, 0.717) is 5.06 Å². The van der Waals surface area contributed by atoms with E-state index in [1.165, 1.54) is 6.08 Å². The summed E-state index contributed by atoms with van der Waals surface area (Å²) in [6, 6.07) is 9.16. The summed E-state index contributed by atoms with van der Waals surface area (Å²) in [5.41, 5.74) is 0.831. The summed E-state index contributed by atoms with van der Waals surface area (Å²) >= 11 is 0. The highest BCUT2D eigenvalue weighted by Crippen LogP contribution is 2.13. The Balaban J connectivity index is 2.04. The maximum Gasteiger partial charge on any atom is 0.356 e. The Morgan fingerprint density at radius 3 is 2.72 bits per heavy atom. The van der Waals surface area contributed by atoms with Crippen molar-refractivity contribution in [2.24, 2.45) is 0 Å². The van der Waals surface area contributed by atoms with Gasteiger partial charge in [-0.15, -0.1) is 0 Å². The molecular weight excluding hydrogens is 238 g/mol. The summed E-state index contributed by atoms with van der Waals surface area (Å²) in [5.74, 6) is -1.85. The minimum absolute atomic E-state index is 0.248. The molecule has 6 nitrogen and oxygen atoms in total. The number of hydrogen-bond donors (Lipinski definition) is 1. The first-order valence-electron chi connectivity index (χ1n) is 5.22. The summed E-state index contributed by atoms with van der Waals surface area (Å²) in [6.45, 7) is -0.248. The molecule has 6 heteroatoms. The molecule has 0 bridgehead atoms. The zero-order chi connectivity index (χ0) is 13.0. The van der Waals surface area contributed by atoms with Crippen molar-refractivity contribution in [3.05, 3.63) is 42.0 Å². The first-order chi connectivity index (χ1) is 8.68. The number of amides is 1. The second kappa shape index (κ2) is 5.44. The molecule has 94 valence electrons. The van der Waals surface area contributed by atoms with Crippen LogP contribution in [0.3, 0.4) is 0 Å². The molecule has 0 saturated carbocycles. The van der Waals surface area contributed by atoms with Crippen molar-refractivity contribution in [1.29, 1.82) is 0 Å². The Labute approximate surface area is 103 Å². The van der Waals surface area contributed by atoms with E-state index in [-0.39, 0.29) is 6.79 Å². The van der Waals surface area contributed by atoms with Gasteiger partial charge in [0.05, 0.1) is 0 Å². The molecule has 0 aromatic heterocycles. The molecule has 1 aliphatic rings. The molecule has 18 heavy (non-hydrogen) atoms. The highest BCUT2D eigenvalue weighted by Gasteiger charge is 2.35. The monoisotopic (exact) mass is 249 g/mol. The molecule has 1 amide bonds. The van der Waals surface area contributed by atoms with Gasteiger partial charge in [0, 0.05) is 6.08 Å².